The second-order valence-corrected chi connectivity index (χ2v) is 6.96. The summed E-state index contributed by atoms with van der Waals surface area (Å²) in [5.41, 5.74) is 6.06. The number of benzene rings is 2. The van der Waals surface area contributed by atoms with Crippen molar-refractivity contribution >= 4 is 17.3 Å². The lowest BCUT2D eigenvalue weighted by atomic mass is 10.0. The molecule has 2 heterocycles. The van der Waals surface area contributed by atoms with Crippen molar-refractivity contribution in [3.05, 3.63) is 89.2 Å². The zero-order chi connectivity index (χ0) is 18.6. The molecule has 136 valence electrons. The predicted molar refractivity (Wildman–Crippen MR) is 109 cm³/mol. The van der Waals surface area contributed by atoms with Crippen molar-refractivity contribution in [3.63, 3.8) is 0 Å². The summed E-state index contributed by atoms with van der Waals surface area (Å²) in [5.74, 6) is -0.0406. The number of nitrogens with one attached hydrogen (secondary N) is 1. The molecule has 4 nitrogen and oxygen atoms in total. The van der Waals surface area contributed by atoms with Crippen LogP contribution in [0.5, 0.6) is 0 Å². The molecule has 4 rings (SSSR count). The van der Waals surface area contributed by atoms with Crippen molar-refractivity contribution in [2.75, 3.05) is 16.8 Å². The molecule has 0 atom stereocenters. The minimum atomic E-state index is -0.0406. The zero-order valence-corrected chi connectivity index (χ0v) is 15.5. The quantitative estimate of drug-likeness (QED) is 0.742. The number of hydrogen-bond acceptors (Lipinski definition) is 3. The first kappa shape index (κ1) is 17.3. The van der Waals surface area contributed by atoms with E-state index in [1.807, 2.05) is 35.2 Å². The standard InChI is InChI=1S/C23H23N3O/c1-17-8-10-18(11-9-17)16-25-20-12-13-24-21(15-20)23(27)26-14-4-6-19-5-2-3-7-22(19)26/h2-3,5,7-13,15H,4,6,14,16H2,1H3,(H,24,25). The van der Waals surface area contributed by atoms with Gasteiger partial charge in [0.25, 0.3) is 5.91 Å². The van der Waals surface area contributed by atoms with Gasteiger partial charge in [0.15, 0.2) is 0 Å². The molecule has 4 heteroatoms. The van der Waals surface area contributed by atoms with Crippen LogP contribution in [0, 0.1) is 6.92 Å². The van der Waals surface area contributed by atoms with Gasteiger partial charge in [0.1, 0.15) is 5.69 Å². The highest BCUT2D eigenvalue weighted by atomic mass is 16.2. The van der Waals surface area contributed by atoms with E-state index in [2.05, 4.69) is 47.6 Å². The molecule has 27 heavy (non-hydrogen) atoms. The molecular formula is C23H23N3O. The Bertz CT molecular complexity index is 950. The minimum Gasteiger partial charge on any atom is -0.381 e. The lowest BCUT2D eigenvalue weighted by Gasteiger charge is -2.29. The van der Waals surface area contributed by atoms with E-state index in [0.29, 0.717) is 12.2 Å². The van der Waals surface area contributed by atoms with E-state index < -0.39 is 0 Å². The number of rotatable bonds is 4. The number of anilines is 2. The fourth-order valence-electron chi connectivity index (χ4n) is 3.45. The van der Waals surface area contributed by atoms with Crippen molar-refractivity contribution < 1.29 is 4.79 Å². The average Bonchev–Trinajstić information content (AvgIpc) is 2.72. The van der Waals surface area contributed by atoms with Crippen LogP contribution in [0.3, 0.4) is 0 Å². The van der Waals surface area contributed by atoms with Crippen LogP contribution in [0.4, 0.5) is 11.4 Å². The number of nitrogens with zero attached hydrogens (tertiary/aromatic N) is 2. The molecule has 1 N–H and O–H groups in total. The molecule has 0 unspecified atom stereocenters. The third-order valence-electron chi connectivity index (χ3n) is 4.95. The normalized spacial score (nSPS) is 13.1. The first-order valence-corrected chi connectivity index (χ1v) is 9.36. The number of fused-ring (bicyclic) bond motifs is 1. The number of aromatic nitrogens is 1. The summed E-state index contributed by atoms with van der Waals surface area (Å²) < 4.78 is 0. The van der Waals surface area contributed by atoms with E-state index in [4.69, 9.17) is 0 Å². The molecule has 1 amide bonds. The number of aryl methyl sites for hydroxylation is 2. The third-order valence-corrected chi connectivity index (χ3v) is 4.95. The Morgan fingerprint density at radius 3 is 2.78 bits per heavy atom. The number of para-hydroxylation sites is 1. The molecular weight excluding hydrogens is 334 g/mol. The largest absolute Gasteiger partial charge is 0.381 e. The molecule has 0 saturated carbocycles. The lowest BCUT2D eigenvalue weighted by Crippen LogP contribution is -2.35. The van der Waals surface area contributed by atoms with Gasteiger partial charge in [0.05, 0.1) is 0 Å². The molecule has 0 saturated heterocycles. The summed E-state index contributed by atoms with van der Waals surface area (Å²) in [6, 6.07) is 20.3. The van der Waals surface area contributed by atoms with Gasteiger partial charge in [-0.2, -0.15) is 0 Å². The van der Waals surface area contributed by atoms with Crippen molar-refractivity contribution in [3.8, 4) is 0 Å². The van der Waals surface area contributed by atoms with Gasteiger partial charge >= 0.3 is 0 Å². The minimum absolute atomic E-state index is 0.0406. The molecule has 1 aliphatic heterocycles. The fourth-order valence-corrected chi connectivity index (χ4v) is 3.45. The van der Waals surface area contributed by atoms with Gasteiger partial charge in [0, 0.05) is 30.7 Å². The van der Waals surface area contributed by atoms with Gasteiger partial charge in [0.2, 0.25) is 0 Å². The maximum atomic E-state index is 13.1. The Morgan fingerprint density at radius 2 is 1.93 bits per heavy atom. The van der Waals surface area contributed by atoms with Crippen LogP contribution in [0.25, 0.3) is 0 Å². The van der Waals surface area contributed by atoms with Gasteiger partial charge in [-0.15, -0.1) is 0 Å². The van der Waals surface area contributed by atoms with Gasteiger partial charge < -0.3 is 10.2 Å². The monoisotopic (exact) mass is 357 g/mol. The Labute approximate surface area is 159 Å². The maximum absolute atomic E-state index is 13.1. The molecule has 0 radical (unpaired) electrons. The molecule has 3 aromatic rings. The summed E-state index contributed by atoms with van der Waals surface area (Å²) in [5, 5.41) is 3.39. The van der Waals surface area contributed by atoms with Crippen LogP contribution in [0.2, 0.25) is 0 Å². The summed E-state index contributed by atoms with van der Waals surface area (Å²) in [4.78, 5) is 19.2. The third kappa shape index (κ3) is 3.85. The number of hydrogen-bond donors (Lipinski definition) is 1. The second-order valence-electron chi connectivity index (χ2n) is 6.96. The number of carbonyl (C=O) groups is 1. The molecule has 1 aliphatic rings. The van der Waals surface area contributed by atoms with Crippen LogP contribution in [0.15, 0.2) is 66.9 Å². The SMILES string of the molecule is Cc1ccc(CNc2ccnc(C(=O)N3CCCc4ccccc43)c2)cc1. The number of carbonyl (C=O) groups excluding carboxylic acids is 1. The van der Waals surface area contributed by atoms with Gasteiger partial charge in [-0.3, -0.25) is 9.78 Å². The molecule has 0 fully saturated rings. The van der Waals surface area contributed by atoms with Gasteiger partial charge in [-0.1, -0.05) is 48.0 Å². The predicted octanol–water partition coefficient (Wildman–Crippen LogP) is 4.60. The summed E-state index contributed by atoms with van der Waals surface area (Å²) in [7, 11) is 0. The van der Waals surface area contributed by atoms with Crippen molar-refractivity contribution in [2.45, 2.75) is 26.3 Å². The van der Waals surface area contributed by atoms with Crippen LogP contribution >= 0.6 is 0 Å². The second kappa shape index (κ2) is 7.62. The topological polar surface area (TPSA) is 45.2 Å². The Morgan fingerprint density at radius 1 is 1.11 bits per heavy atom. The zero-order valence-electron chi connectivity index (χ0n) is 15.5. The van der Waals surface area contributed by atoms with Crippen molar-refractivity contribution in [1.82, 2.24) is 4.98 Å². The number of amides is 1. The van der Waals surface area contributed by atoms with E-state index in [-0.39, 0.29) is 5.91 Å². The molecule has 0 aliphatic carbocycles. The Kier molecular flexibility index (Phi) is 4.88. The van der Waals surface area contributed by atoms with Crippen LogP contribution in [0.1, 0.15) is 33.6 Å². The van der Waals surface area contributed by atoms with Crippen LogP contribution in [-0.2, 0) is 13.0 Å². The Hall–Kier alpha value is -3.14. The van der Waals surface area contributed by atoms with Crippen LogP contribution < -0.4 is 10.2 Å². The van der Waals surface area contributed by atoms with E-state index >= 15 is 0 Å². The van der Waals surface area contributed by atoms with Crippen LogP contribution in [-0.4, -0.2) is 17.4 Å². The molecule has 2 aromatic carbocycles. The molecule has 0 bridgehead atoms. The van der Waals surface area contributed by atoms with E-state index in [9.17, 15) is 4.79 Å². The van der Waals surface area contributed by atoms with E-state index in [0.717, 1.165) is 30.8 Å². The molecule has 0 spiro atoms. The highest BCUT2D eigenvalue weighted by molar-refractivity contribution is 6.05. The first-order valence-electron chi connectivity index (χ1n) is 9.36. The van der Waals surface area contributed by atoms with Crippen molar-refractivity contribution in [2.24, 2.45) is 0 Å². The van der Waals surface area contributed by atoms with E-state index in [1.54, 1.807) is 6.20 Å². The summed E-state index contributed by atoms with van der Waals surface area (Å²) in [6.07, 6.45) is 3.69. The number of pyridine rings is 1. The highest BCUT2D eigenvalue weighted by Crippen LogP contribution is 2.28. The Balaban J connectivity index is 1.51. The highest BCUT2D eigenvalue weighted by Gasteiger charge is 2.24. The van der Waals surface area contributed by atoms with Crippen molar-refractivity contribution in [1.29, 1.82) is 0 Å². The summed E-state index contributed by atoms with van der Waals surface area (Å²) in [6.45, 7) is 3.53. The average molecular weight is 357 g/mol. The van der Waals surface area contributed by atoms with Gasteiger partial charge in [-0.05, 0) is 49.1 Å². The summed E-state index contributed by atoms with van der Waals surface area (Å²) >= 11 is 0. The van der Waals surface area contributed by atoms with E-state index in [1.165, 1.54) is 16.7 Å². The van der Waals surface area contributed by atoms with Gasteiger partial charge in [-0.25, -0.2) is 0 Å². The molecule has 1 aromatic heterocycles. The first-order chi connectivity index (χ1) is 13.2. The maximum Gasteiger partial charge on any atom is 0.276 e. The smallest absolute Gasteiger partial charge is 0.276 e. The lowest BCUT2D eigenvalue weighted by molar-refractivity contribution is 0.0980. The fraction of sp³-hybridized carbons (Fsp3) is 0.217.